The minimum absolute atomic E-state index is 0.0209. The highest BCUT2D eigenvalue weighted by Crippen LogP contribution is 2.39. The molecule has 0 spiro atoms. The van der Waals surface area contributed by atoms with E-state index in [1.54, 1.807) is 24.3 Å². The topological polar surface area (TPSA) is 141 Å². The number of ether oxygens (including phenoxy) is 3. The lowest BCUT2D eigenvalue weighted by Crippen LogP contribution is -2.13. The third kappa shape index (κ3) is 5.91. The molecule has 0 heterocycles. The first-order chi connectivity index (χ1) is 16.7. The fraction of sp³-hybridized carbons (Fsp3) is 0.136. The highest BCUT2D eigenvalue weighted by molar-refractivity contribution is 7.92. The number of nitrogens with one attached hydrogen (secondary N) is 2. The van der Waals surface area contributed by atoms with Gasteiger partial charge in [-0.3, -0.25) is 20.3 Å². The van der Waals surface area contributed by atoms with Gasteiger partial charge in [-0.05, 0) is 42.5 Å². The van der Waals surface area contributed by atoms with Crippen LogP contribution in [-0.4, -0.2) is 40.9 Å². The summed E-state index contributed by atoms with van der Waals surface area (Å²) >= 11 is 5.88. The van der Waals surface area contributed by atoms with Gasteiger partial charge in [-0.15, -0.1) is 0 Å². The van der Waals surface area contributed by atoms with Crippen LogP contribution in [0.1, 0.15) is 5.56 Å². The number of hydrogen-bond donors (Lipinski definition) is 2. The summed E-state index contributed by atoms with van der Waals surface area (Å²) in [6.45, 7) is 0. The summed E-state index contributed by atoms with van der Waals surface area (Å²) in [5.41, 5.74) is 2.78. The van der Waals surface area contributed by atoms with Crippen LogP contribution in [0.15, 0.2) is 64.6 Å². The lowest BCUT2D eigenvalue weighted by atomic mass is 10.2. The molecule has 0 aromatic heterocycles. The maximum atomic E-state index is 12.7. The summed E-state index contributed by atoms with van der Waals surface area (Å²) in [6.07, 6.45) is 1.37. The maximum Gasteiger partial charge on any atom is 0.295 e. The minimum Gasteiger partial charge on any atom is -0.493 e. The number of hydrazone groups is 1. The summed E-state index contributed by atoms with van der Waals surface area (Å²) in [4.78, 5) is 10.6. The number of rotatable bonds is 10. The largest absolute Gasteiger partial charge is 0.493 e. The highest BCUT2D eigenvalue weighted by atomic mass is 35.5. The van der Waals surface area contributed by atoms with E-state index >= 15 is 0 Å². The van der Waals surface area contributed by atoms with E-state index in [2.05, 4.69) is 15.2 Å². The molecule has 0 saturated carbocycles. The standard InChI is InChI=1S/C22H21ClN4O7S/c1-32-20-10-7-14(21(33-2)22(20)34-3)13-24-25-18-9-8-17(12-19(18)27(28)29)35(30,31)26-16-6-4-5-15(23)11-16/h4-13,25-26H,1-3H3/b24-13-. The number of hydrogen-bond acceptors (Lipinski definition) is 9. The van der Waals surface area contributed by atoms with Crippen molar-refractivity contribution in [1.29, 1.82) is 0 Å². The molecule has 0 aliphatic carbocycles. The van der Waals surface area contributed by atoms with Gasteiger partial charge < -0.3 is 14.2 Å². The van der Waals surface area contributed by atoms with Crippen LogP contribution in [0.4, 0.5) is 17.1 Å². The number of halogens is 1. The molecule has 0 aliphatic heterocycles. The molecule has 0 atom stereocenters. The van der Waals surface area contributed by atoms with Crippen LogP contribution in [0.3, 0.4) is 0 Å². The smallest absolute Gasteiger partial charge is 0.295 e. The Labute approximate surface area is 206 Å². The predicted octanol–water partition coefficient (Wildman–Crippen LogP) is 4.52. The van der Waals surface area contributed by atoms with Gasteiger partial charge in [0.15, 0.2) is 11.5 Å². The molecule has 0 saturated heterocycles. The van der Waals surface area contributed by atoms with Crippen LogP contribution in [-0.2, 0) is 10.0 Å². The number of benzene rings is 3. The molecule has 0 fully saturated rings. The zero-order valence-corrected chi connectivity index (χ0v) is 20.4. The van der Waals surface area contributed by atoms with Crippen LogP contribution >= 0.6 is 11.6 Å². The summed E-state index contributed by atoms with van der Waals surface area (Å²) in [6, 6.07) is 12.8. The third-order valence-electron chi connectivity index (χ3n) is 4.68. The highest BCUT2D eigenvalue weighted by Gasteiger charge is 2.22. The van der Waals surface area contributed by atoms with Crippen LogP contribution in [0, 0.1) is 10.1 Å². The van der Waals surface area contributed by atoms with Crippen molar-refractivity contribution in [2.75, 3.05) is 31.5 Å². The molecule has 0 unspecified atom stereocenters. The molecule has 0 aliphatic rings. The van der Waals surface area contributed by atoms with Gasteiger partial charge >= 0.3 is 0 Å². The second-order valence-corrected chi connectivity index (χ2v) is 8.96. The number of sulfonamides is 1. The Morgan fingerprint density at radius 1 is 1.00 bits per heavy atom. The van der Waals surface area contributed by atoms with E-state index in [4.69, 9.17) is 25.8 Å². The van der Waals surface area contributed by atoms with E-state index in [1.165, 1.54) is 51.8 Å². The van der Waals surface area contributed by atoms with E-state index in [1.807, 2.05) is 0 Å². The second kappa shape index (κ2) is 10.9. The molecule has 3 aromatic carbocycles. The maximum absolute atomic E-state index is 12.7. The molecule has 0 bridgehead atoms. The fourth-order valence-corrected chi connectivity index (χ4v) is 4.35. The molecule has 0 radical (unpaired) electrons. The Balaban J connectivity index is 1.88. The second-order valence-electron chi connectivity index (χ2n) is 6.85. The summed E-state index contributed by atoms with van der Waals surface area (Å²) in [7, 11) is 0.281. The molecule has 3 rings (SSSR count). The van der Waals surface area contributed by atoms with E-state index in [0.717, 1.165) is 6.07 Å². The van der Waals surface area contributed by atoms with Crippen LogP contribution in [0.5, 0.6) is 17.2 Å². The summed E-state index contributed by atoms with van der Waals surface area (Å²) in [5, 5.41) is 16.0. The molecule has 11 nitrogen and oxygen atoms in total. The normalized spacial score (nSPS) is 11.2. The van der Waals surface area contributed by atoms with Crippen molar-refractivity contribution in [1.82, 2.24) is 0 Å². The number of anilines is 2. The van der Waals surface area contributed by atoms with Crippen molar-refractivity contribution >= 4 is 44.9 Å². The van der Waals surface area contributed by atoms with E-state index in [-0.39, 0.29) is 16.3 Å². The monoisotopic (exact) mass is 520 g/mol. The van der Waals surface area contributed by atoms with E-state index in [9.17, 15) is 18.5 Å². The van der Waals surface area contributed by atoms with Crippen LogP contribution < -0.4 is 24.4 Å². The zero-order valence-electron chi connectivity index (χ0n) is 18.8. The van der Waals surface area contributed by atoms with Crippen LogP contribution in [0.2, 0.25) is 5.02 Å². The number of nitrogens with zero attached hydrogens (tertiary/aromatic N) is 2. The van der Waals surface area contributed by atoms with Gasteiger partial charge in [-0.25, -0.2) is 8.42 Å². The van der Waals surface area contributed by atoms with E-state index in [0.29, 0.717) is 27.8 Å². The molecule has 3 aromatic rings. The van der Waals surface area contributed by atoms with Gasteiger partial charge in [-0.2, -0.15) is 5.10 Å². The Kier molecular flexibility index (Phi) is 7.99. The average Bonchev–Trinajstić information content (AvgIpc) is 2.83. The first kappa shape index (κ1) is 25.6. The fourth-order valence-electron chi connectivity index (χ4n) is 3.09. The molecular weight excluding hydrogens is 500 g/mol. The lowest BCUT2D eigenvalue weighted by Gasteiger charge is -2.13. The average molecular weight is 521 g/mol. The molecule has 2 N–H and O–H groups in total. The van der Waals surface area contributed by atoms with Gasteiger partial charge in [0.25, 0.3) is 15.7 Å². The lowest BCUT2D eigenvalue weighted by molar-refractivity contribution is -0.384. The van der Waals surface area contributed by atoms with Gasteiger partial charge in [0.1, 0.15) is 5.69 Å². The quantitative estimate of drug-likeness (QED) is 0.226. The number of methoxy groups -OCH3 is 3. The van der Waals surface area contributed by atoms with Gasteiger partial charge in [-0.1, -0.05) is 17.7 Å². The van der Waals surface area contributed by atoms with E-state index < -0.39 is 20.6 Å². The minimum atomic E-state index is -4.11. The van der Waals surface area contributed by atoms with Gasteiger partial charge in [0, 0.05) is 16.7 Å². The predicted molar refractivity (Wildman–Crippen MR) is 133 cm³/mol. The Bertz CT molecular complexity index is 1380. The first-order valence-corrected chi connectivity index (χ1v) is 11.7. The zero-order chi connectivity index (χ0) is 25.6. The summed E-state index contributed by atoms with van der Waals surface area (Å²) in [5.74, 6) is 1.15. The SMILES string of the molecule is COc1ccc(/C=N\Nc2ccc(S(=O)(=O)Nc3cccc(Cl)c3)cc2[N+](=O)[O-])c(OC)c1OC. The molecule has 0 amide bonds. The first-order valence-electron chi connectivity index (χ1n) is 9.85. The number of nitro groups is 1. The van der Waals surface area contributed by atoms with Crippen molar-refractivity contribution in [3.05, 3.63) is 75.3 Å². The third-order valence-corrected chi connectivity index (χ3v) is 6.29. The van der Waals surface area contributed by atoms with Crippen molar-refractivity contribution in [3.8, 4) is 17.2 Å². The number of nitro benzene ring substituents is 1. The Morgan fingerprint density at radius 3 is 2.37 bits per heavy atom. The Morgan fingerprint density at radius 2 is 1.74 bits per heavy atom. The van der Waals surface area contributed by atoms with Crippen molar-refractivity contribution < 1.29 is 27.6 Å². The molecule has 184 valence electrons. The Hall–Kier alpha value is -4.03. The summed E-state index contributed by atoms with van der Waals surface area (Å²) < 4.78 is 43.7. The molecule has 13 heteroatoms. The molecule has 35 heavy (non-hydrogen) atoms. The van der Waals surface area contributed by atoms with Gasteiger partial charge in [0.2, 0.25) is 5.75 Å². The molecular formula is C22H21ClN4O7S. The van der Waals surface area contributed by atoms with Crippen molar-refractivity contribution in [3.63, 3.8) is 0 Å². The van der Waals surface area contributed by atoms with Crippen molar-refractivity contribution in [2.45, 2.75) is 4.90 Å². The van der Waals surface area contributed by atoms with Crippen molar-refractivity contribution in [2.24, 2.45) is 5.10 Å². The van der Waals surface area contributed by atoms with Gasteiger partial charge in [0.05, 0.1) is 43.1 Å². The van der Waals surface area contributed by atoms with Crippen LogP contribution in [0.25, 0.3) is 0 Å².